The minimum absolute atomic E-state index is 0.287. The monoisotopic (exact) mass is 172 g/mol. The number of nitrogens with zero attached hydrogens (tertiary/aromatic N) is 2. The average Bonchev–Trinajstić information content (AvgIpc) is 2.50. The van der Waals surface area contributed by atoms with E-state index in [0.717, 1.165) is 10.1 Å². The Bertz CT molecular complexity index is 222. The Balaban J connectivity index is 2.71. The van der Waals surface area contributed by atoms with Crippen LogP contribution in [0.15, 0.2) is 0 Å². The molecule has 0 aliphatic carbocycles. The molecule has 0 amide bonds. The summed E-state index contributed by atoms with van der Waals surface area (Å²) in [6.45, 7) is 2.06. The molecule has 1 atom stereocenters. The number of anilines is 1. The molecular weight excluding hydrogens is 160 g/mol. The molecule has 62 valence electrons. The molecule has 0 aromatic carbocycles. The second kappa shape index (κ2) is 3.64. The topological polar surface area (TPSA) is 49.8 Å². The third-order valence-electron chi connectivity index (χ3n) is 1.46. The van der Waals surface area contributed by atoms with Crippen LogP contribution in [0.5, 0.6) is 0 Å². The van der Waals surface area contributed by atoms with E-state index in [9.17, 15) is 0 Å². The molecule has 0 radical (unpaired) electrons. The summed E-state index contributed by atoms with van der Waals surface area (Å²) >= 11 is 1.57. The van der Waals surface area contributed by atoms with E-state index in [4.69, 9.17) is 0 Å². The highest BCUT2D eigenvalue weighted by atomic mass is 32.1. The van der Waals surface area contributed by atoms with Crippen LogP contribution in [-0.4, -0.2) is 24.3 Å². The van der Waals surface area contributed by atoms with Crippen molar-refractivity contribution in [3.05, 3.63) is 5.01 Å². The fourth-order valence-electron chi connectivity index (χ4n) is 0.634. The van der Waals surface area contributed by atoms with E-state index in [-0.39, 0.29) is 6.04 Å². The minimum Gasteiger partial charge on any atom is -0.363 e. The molecule has 0 saturated carbocycles. The molecule has 11 heavy (non-hydrogen) atoms. The van der Waals surface area contributed by atoms with Crippen molar-refractivity contribution in [1.29, 1.82) is 0 Å². The van der Waals surface area contributed by atoms with Crippen LogP contribution in [0.2, 0.25) is 0 Å². The second-order valence-corrected chi connectivity index (χ2v) is 3.21. The zero-order valence-corrected chi connectivity index (χ0v) is 7.70. The highest BCUT2D eigenvalue weighted by molar-refractivity contribution is 7.15. The van der Waals surface area contributed by atoms with Crippen LogP contribution in [0.25, 0.3) is 0 Å². The highest BCUT2D eigenvalue weighted by Crippen LogP contribution is 2.19. The van der Waals surface area contributed by atoms with Crippen LogP contribution >= 0.6 is 11.3 Å². The lowest BCUT2D eigenvalue weighted by Crippen LogP contribution is -2.11. The number of aromatic nitrogens is 2. The molecule has 1 aromatic heterocycles. The first kappa shape index (κ1) is 8.42. The van der Waals surface area contributed by atoms with Gasteiger partial charge in [0.2, 0.25) is 5.13 Å². The molecule has 0 fully saturated rings. The van der Waals surface area contributed by atoms with Gasteiger partial charge in [0.05, 0.1) is 6.04 Å². The van der Waals surface area contributed by atoms with Crippen molar-refractivity contribution in [2.24, 2.45) is 0 Å². The maximum Gasteiger partial charge on any atom is 0.205 e. The van der Waals surface area contributed by atoms with Crippen molar-refractivity contribution < 1.29 is 0 Å². The van der Waals surface area contributed by atoms with Gasteiger partial charge in [0.15, 0.2) is 0 Å². The third kappa shape index (κ3) is 1.87. The average molecular weight is 172 g/mol. The molecule has 5 heteroatoms. The second-order valence-electron chi connectivity index (χ2n) is 2.21. The fraction of sp³-hybridized carbons (Fsp3) is 0.667. The Morgan fingerprint density at radius 2 is 2.09 bits per heavy atom. The molecular formula is C6H12N4S. The Hall–Kier alpha value is -0.680. The van der Waals surface area contributed by atoms with Gasteiger partial charge in [0, 0.05) is 7.05 Å². The summed E-state index contributed by atoms with van der Waals surface area (Å²) in [4.78, 5) is 0. The Kier molecular flexibility index (Phi) is 2.78. The number of nitrogens with one attached hydrogen (secondary N) is 2. The van der Waals surface area contributed by atoms with Crippen molar-refractivity contribution in [2.75, 3.05) is 19.4 Å². The molecule has 0 bridgehead atoms. The highest BCUT2D eigenvalue weighted by Gasteiger charge is 2.07. The summed E-state index contributed by atoms with van der Waals surface area (Å²) < 4.78 is 0. The molecule has 0 spiro atoms. The lowest BCUT2D eigenvalue weighted by atomic mass is 10.4. The van der Waals surface area contributed by atoms with E-state index < -0.39 is 0 Å². The molecule has 0 aliphatic rings. The van der Waals surface area contributed by atoms with Gasteiger partial charge in [0.25, 0.3) is 0 Å². The standard InChI is InChI=1S/C6H12N4S/c1-4(7-2)5-9-10-6(8-3)11-5/h4,7H,1-3H3,(H,8,10). The van der Waals surface area contributed by atoms with Crippen LogP contribution < -0.4 is 10.6 Å². The van der Waals surface area contributed by atoms with Crippen LogP contribution in [0.3, 0.4) is 0 Å². The first-order valence-electron chi connectivity index (χ1n) is 3.46. The van der Waals surface area contributed by atoms with Crippen molar-refractivity contribution in [2.45, 2.75) is 13.0 Å². The molecule has 2 N–H and O–H groups in total. The summed E-state index contributed by atoms with van der Waals surface area (Å²) in [5.41, 5.74) is 0. The summed E-state index contributed by atoms with van der Waals surface area (Å²) in [5, 5.41) is 15.8. The summed E-state index contributed by atoms with van der Waals surface area (Å²) in [5.74, 6) is 0. The molecule has 4 nitrogen and oxygen atoms in total. The number of hydrogen-bond acceptors (Lipinski definition) is 5. The van der Waals surface area contributed by atoms with Gasteiger partial charge >= 0.3 is 0 Å². The predicted octanol–water partition coefficient (Wildman–Crippen LogP) is 0.860. The molecule has 1 aromatic rings. The summed E-state index contributed by atoms with van der Waals surface area (Å²) in [6, 6.07) is 0.287. The van der Waals surface area contributed by atoms with Crippen molar-refractivity contribution in [3.63, 3.8) is 0 Å². The largest absolute Gasteiger partial charge is 0.363 e. The van der Waals surface area contributed by atoms with Gasteiger partial charge in [-0.15, -0.1) is 10.2 Å². The van der Waals surface area contributed by atoms with Crippen molar-refractivity contribution in [1.82, 2.24) is 15.5 Å². The quantitative estimate of drug-likeness (QED) is 0.710. The van der Waals surface area contributed by atoms with Crippen LogP contribution in [0.1, 0.15) is 18.0 Å². The zero-order chi connectivity index (χ0) is 8.27. The Morgan fingerprint density at radius 3 is 2.55 bits per heavy atom. The molecule has 1 heterocycles. The van der Waals surface area contributed by atoms with E-state index in [1.807, 2.05) is 14.1 Å². The maximum absolute atomic E-state index is 4.00. The maximum atomic E-state index is 4.00. The lowest BCUT2D eigenvalue weighted by Gasteiger charge is -2.02. The normalized spacial score (nSPS) is 13.0. The van der Waals surface area contributed by atoms with Crippen molar-refractivity contribution >= 4 is 16.5 Å². The van der Waals surface area contributed by atoms with Gasteiger partial charge in [0.1, 0.15) is 5.01 Å². The van der Waals surface area contributed by atoms with Gasteiger partial charge < -0.3 is 10.6 Å². The van der Waals surface area contributed by atoms with E-state index in [1.165, 1.54) is 0 Å². The van der Waals surface area contributed by atoms with E-state index in [1.54, 1.807) is 11.3 Å². The SMILES string of the molecule is CNc1nnc(C(C)NC)s1. The van der Waals surface area contributed by atoms with Gasteiger partial charge in [-0.2, -0.15) is 0 Å². The lowest BCUT2D eigenvalue weighted by molar-refractivity contribution is 0.640. The van der Waals surface area contributed by atoms with Gasteiger partial charge in [-0.3, -0.25) is 0 Å². The van der Waals surface area contributed by atoms with Crippen LogP contribution in [0, 0.1) is 0 Å². The molecule has 0 aliphatic heterocycles. The van der Waals surface area contributed by atoms with E-state index >= 15 is 0 Å². The minimum atomic E-state index is 0.287. The number of hydrogen-bond donors (Lipinski definition) is 2. The fourth-order valence-corrected chi connectivity index (χ4v) is 1.39. The van der Waals surface area contributed by atoms with Gasteiger partial charge in [-0.05, 0) is 14.0 Å². The smallest absolute Gasteiger partial charge is 0.205 e. The Morgan fingerprint density at radius 1 is 1.36 bits per heavy atom. The van der Waals surface area contributed by atoms with Crippen LogP contribution in [-0.2, 0) is 0 Å². The first-order chi connectivity index (χ1) is 5.27. The molecule has 1 rings (SSSR count). The number of rotatable bonds is 3. The van der Waals surface area contributed by atoms with Crippen LogP contribution in [0.4, 0.5) is 5.13 Å². The Labute approximate surface area is 70.0 Å². The summed E-state index contributed by atoms with van der Waals surface area (Å²) in [6.07, 6.45) is 0. The van der Waals surface area contributed by atoms with Crippen molar-refractivity contribution in [3.8, 4) is 0 Å². The summed E-state index contributed by atoms with van der Waals surface area (Å²) in [7, 11) is 3.75. The predicted molar refractivity (Wildman–Crippen MR) is 46.9 cm³/mol. The van der Waals surface area contributed by atoms with E-state index in [0.29, 0.717) is 0 Å². The molecule has 1 unspecified atom stereocenters. The molecule has 0 saturated heterocycles. The first-order valence-corrected chi connectivity index (χ1v) is 4.28. The van der Waals surface area contributed by atoms with E-state index in [2.05, 4.69) is 27.8 Å². The third-order valence-corrected chi connectivity index (χ3v) is 2.58. The van der Waals surface area contributed by atoms with Gasteiger partial charge in [-0.25, -0.2) is 0 Å². The van der Waals surface area contributed by atoms with Gasteiger partial charge in [-0.1, -0.05) is 11.3 Å². The zero-order valence-electron chi connectivity index (χ0n) is 6.88.